The van der Waals surface area contributed by atoms with Crippen LogP contribution < -0.4 is 9.64 Å². The summed E-state index contributed by atoms with van der Waals surface area (Å²) in [7, 11) is 0. The van der Waals surface area contributed by atoms with Gasteiger partial charge in [-0.1, -0.05) is 0 Å². The van der Waals surface area contributed by atoms with E-state index in [1.54, 1.807) is 40.5 Å². The molecule has 5 rings (SSSR count). The van der Waals surface area contributed by atoms with E-state index in [9.17, 15) is 10.1 Å². The first-order valence-electron chi connectivity index (χ1n) is 12.5. The van der Waals surface area contributed by atoms with Crippen molar-refractivity contribution >= 4 is 17.4 Å². The van der Waals surface area contributed by atoms with Crippen molar-refractivity contribution in [2.24, 2.45) is 0 Å². The number of pyridine rings is 2. The van der Waals surface area contributed by atoms with Crippen molar-refractivity contribution < 1.29 is 14.3 Å². The summed E-state index contributed by atoms with van der Waals surface area (Å²) in [5.41, 5.74) is 2.33. The third-order valence-electron chi connectivity index (χ3n) is 6.20. The fraction of sp³-hybridized carbons (Fsp3) is 0.370. The van der Waals surface area contributed by atoms with Crippen LogP contribution in [0.2, 0.25) is 0 Å². The maximum Gasteiger partial charge on any atom is 0.410 e. The van der Waals surface area contributed by atoms with Crippen molar-refractivity contribution in [1.29, 1.82) is 5.26 Å². The Bertz CT molecular complexity index is 1440. The minimum absolute atomic E-state index is 0.286. The molecule has 0 aliphatic carbocycles. The molecular formula is C27H30N8O3. The highest BCUT2D eigenvalue weighted by Gasteiger charge is 2.26. The van der Waals surface area contributed by atoms with Crippen LogP contribution in [0.1, 0.15) is 26.3 Å². The lowest BCUT2D eigenvalue weighted by atomic mass is 10.1. The summed E-state index contributed by atoms with van der Waals surface area (Å²) in [5.74, 6) is 1.47. The molecule has 0 saturated carbocycles. The monoisotopic (exact) mass is 514 g/mol. The summed E-state index contributed by atoms with van der Waals surface area (Å²) in [4.78, 5) is 25.0. The van der Waals surface area contributed by atoms with Gasteiger partial charge in [-0.15, -0.1) is 0 Å². The zero-order valence-corrected chi connectivity index (χ0v) is 21.7. The Labute approximate surface area is 220 Å². The fourth-order valence-corrected chi connectivity index (χ4v) is 4.34. The van der Waals surface area contributed by atoms with Gasteiger partial charge in [-0.25, -0.2) is 19.3 Å². The number of carbonyl (C=O) groups excluding carboxylic acids is 1. The number of nitrogens with zero attached hydrogens (tertiary/aromatic N) is 8. The van der Waals surface area contributed by atoms with Crippen molar-refractivity contribution in [2.45, 2.75) is 32.9 Å². The lowest BCUT2D eigenvalue weighted by Crippen LogP contribution is -2.50. The molecule has 1 fully saturated rings. The van der Waals surface area contributed by atoms with Gasteiger partial charge >= 0.3 is 6.09 Å². The summed E-state index contributed by atoms with van der Waals surface area (Å²) in [6, 6.07) is 8.09. The molecule has 0 spiro atoms. The lowest BCUT2D eigenvalue weighted by molar-refractivity contribution is 0.0240. The Hall–Kier alpha value is -4.59. The molecular weight excluding hydrogens is 484 g/mol. The van der Waals surface area contributed by atoms with Crippen LogP contribution in [0.4, 0.5) is 10.6 Å². The van der Waals surface area contributed by atoms with Gasteiger partial charge in [0.05, 0.1) is 36.3 Å². The number of hydrogen-bond acceptors (Lipinski definition) is 8. The number of imidazole rings is 1. The first-order chi connectivity index (χ1) is 18.3. The molecule has 5 heterocycles. The smallest absolute Gasteiger partial charge is 0.410 e. The zero-order valence-electron chi connectivity index (χ0n) is 21.7. The van der Waals surface area contributed by atoms with Crippen LogP contribution in [0.3, 0.4) is 0 Å². The number of rotatable bonds is 6. The van der Waals surface area contributed by atoms with Gasteiger partial charge in [-0.2, -0.15) is 10.4 Å². The van der Waals surface area contributed by atoms with Gasteiger partial charge in [-0.05, 0) is 39.0 Å². The van der Waals surface area contributed by atoms with Crippen molar-refractivity contribution in [3.8, 4) is 22.9 Å². The fourth-order valence-electron chi connectivity index (χ4n) is 4.34. The molecule has 11 heteroatoms. The lowest BCUT2D eigenvalue weighted by Gasteiger charge is -2.36. The zero-order chi connectivity index (χ0) is 26.7. The molecule has 4 aromatic heterocycles. The summed E-state index contributed by atoms with van der Waals surface area (Å²) in [5, 5.41) is 14.0. The maximum atomic E-state index is 12.4. The molecule has 0 atom stereocenters. The van der Waals surface area contributed by atoms with E-state index in [0.29, 0.717) is 56.2 Å². The van der Waals surface area contributed by atoms with Crippen LogP contribution >= 0.6 is 0 Å². The second kappa shape index (κ2) is 10.4. The topological polar surface area (TPSA) is 114 Å². The Kier molecular flexibility index (Phi) is 6.87. The molecule has 0 radical (unpaired) electrons. The number of nitriles is 1. The minimum Gasteiger partial charge on any atom is -0.490 e. The number of ether oxygens (including phenoxy) is 2. The van der Waals surface area contributed by atoms with Gasteiger partial charge in [0.1, 0.15) is 29.8 Å². The first kappa shape index (κ1) is 25.1. The highest BCUT2D eigenvalue weighted by molar-refractivity contribution is 5.85. The standard InChI is InChI=1S/C27H30N8O3/c1-27(2,3)38-26(36)34-10-8-33(9-11-34)24-5-4-20(16-30-24)23-14-22(37-13-12-32-7-6-29-19-32)18-35-25(23)21(15-28)17-31-35/h4-7,14,16-19H,8-13H2,1-3H3. The Balaban J connectivity index is 1.32. The molecule has 0 aromatic carbocycles. The summed E-state index contributed by atoms with van der Waals surface area (Å²) in [6.07, 6.45) is 10.2. The number of carbonyl (C=O) groups is 1. The highest BCUT2D eigenvalue weighted by Crippen LogP contribution is 2.31. The van der Waals surface area contributed by atoms with Gasteiger partial charge in [0.2, 0.25) is 0 Å². The Morgan fingerprint density at radius 2 is 1.97 bits per heavy atom. The Morgan fingerprint density at radius 1 is 1.16 bits per heavy atom. The molecule has 1 aliphatic heterocycles. The van der Waals surface area contributed by atoms with Crippen molar-refractivity contribution in [3.05, 3.63) is 61.1 Å². The third-order valence-corrected chi connectivity index (χ3v) is 6.20. The number of fused-ring (bicyclic) bond motifs is 1. The van der Waals surface area contributed by atoms with Gasteiger partial charge < -0.3 is 23.8 Å². The van der Waals surface area contributed by atoms with Gasteiger partial charge in [-0.3, -0.25) is 0 Å². The number of anilines is 1. The van der Waals surface area contributed by atoms with Gasteiger partial charge in [0.25, 0.3) is 0 Å². The minimum atomic E-state index is -0.514. The SMILES string of the molecule is CC(C)(C)OC(=O)N1CCN(c2ccc(-c3cc(OCCn4ccnc4)cn4ncc(C#N)c34)cn2)CC1. The molecule has 0 bridgehead atoms. The summed E-state index contributed by atoms with van der Waals surface area (Å²) in [6.45, 7) is 9.19. The molecule has 196 valence electrons. The number of amides is 1. The van der Waals surface area contributed by atoms with Crippen LogP contribution in [-0.4, -0.2) is 73.5 Å². The van der Waals surface area contributed by atoms with Crippen LogP contribution in [0, 0.1) is 11.3 Å². The van der Waals surface area contributed by atoms with Crippen molar-refractivity contribution in [1.82, 2.24) is 29.0 Å². The van der Waals surface area contributed by atoms with E-state index in [-0.39, 0.29) is 6.09 Å². The molecule has 1 saturated heterocycles. The van der Waals surface area contributed by atoms with Crippen molar-refractivity contribution in [2.75, 3.05) is 37.7 Å². The largest absolute Gasteiger partial charge is 0.490 e. The van der Waals surface area contributed by atoms with Crippen LogP contribution in [0.5, 0.6) is 5.75 Å². The van der Waals surface area contributed by atoms with E-state index in [1.165, 1.54) is 0 Å². The van der Waals surface area contributed by atoms with E-state index in [0.717, 1.165) is 16.9 Å². The molecule has 11 nitrogen and oxygen atoms in total. The maximum absolute atomic E-state index is 12.4. The Morgan fingerprint density at radius 3 is 2.63 bits per heavy atom. The quantitative estimate of drug-likeness (QED) is 0.384. The first-order valence-corrected chi connectivity index (χ1v) is 12.5. The third kappa shape index (κ3) is 5.54. The van der Waals surface area contributed by atoms with E-state index >= 15 is 0 Å². The van der Waals surface area contributed by atoms with Crippen LogP contribution in [-0.2, 0) is 11.3 Å². The van der Waals surface area contributed by atoms with Gasteiger partial charge in [0.15, 0.2) is 0 Å². The molecule has 0 N–H and O–H groups in total. The van der Waals surface area contributed by atoms with E-state index < -0.39 is 5.60 Å². The predicted molar refractivity (Wildman–Crippen MR) is 141 cm³/mol. The number of piperazine rings is 1. The second-order valence-electron chi connectivity index (χ2n) is 10.1. The average molecular weight is 515 g/mol. The number of aromatic nitrogens is 5. The predicted octanol–water partition coefficient (Wildman–Crippen LogP) is 3.60. The molecule has 1 amide bonds. The average Bonchev–Trinajstić information content (AvgIpc) is 3.57. The van der Waals surface area contributed by atoms with Gasteiger partial charge in [0, 0.05) is 55.9 Å². The highest BCUT2D eigenvalue weighted by atomic mass is 16.6. The molecule has 1 aliphatic rings. The van der Waals surface area contributed by atoms with Crippen LogP contribution in [0.15, 0.2) is 55.5 Å². The normalized spacial score (nSPS) is 13.9. The van der Waals surface area contributed by atoms with Crippen molar-refractivity contribution in [3.63, 3.8) is 0 Å². The molecule has 4 aromatic rings. The number of hydrogen-bond donors (Lipinski definition) is 0. The summed E-state index contributed by atoms with van der Waals surface area (Å²) >= 11 is 0. The van der Waals surface area contributed by atoms with E-state index in [1.807, 2.05) is 49.7 Å². The van der Waals surface area contributed by atoms with E-state index in [4.69, 9.17) is 14.5 Å². The molecule has 38 heavy (non-hydrogen) atoms. The summed E-state index contributed by atoms with van der Waals surface area (Å²) < 4.78 is 15.1. The van der Waals surface area contributed by atoms with E-state index in [2.05, 4.69) is 21.1 Å². The molecule has 0 unspecified atom stereocenters. The second-order valence-corrected chi connectivity index (χ2v) is 10.1. The van der Waals surface area contributed by atoms with Crippen LogP contribution in [0.25, 0.3) is 16.6 Å².